The maximum atomic E-state index is 13.3. The number of amides is 1. The van der Waals surface area contributed by atoms with E-state index in [2.05, 4.69) is 4.98 Å². The van der Waals surface area contributed by atoms with Crippen molar-refractivity contribution in [2.24, 2.45) is 0 Å². The number of anilines is 1. The average Bonchev–Trinajstić information content (AvgIpc) is 3.40. The van der Waals surface area contributed by atoms with Crippen molar-refractivity contribution < 1.29 is 33.7 Å². The van der Waals surface area contributed by atoms with Gasteiger partial charge in [0.1, 0.15) is 22.1 Å². The van der Waals surface area contributed by atoms with Crippen LogP contribution >= 0.6 is 11.3 Å². The summed E-state index contributed by atoms with van der Waals surface area (Å²) in [5.74, 6) is -1.47. The Kier molecular flexibility index (Phi) is 7.07. The number of benzene rings is 2. The Morgan fingerprint density at radius 3 is 2.28 bits per heavy atom. The molecule has 1 saturated heterocycles. The van der Waals surface area contributed by atoms with Crippen LogP contribution in [0.25, 0.3) is 5.76 Å². The third kappa shape index (κ3) is 4.42. The van der Waals surface area contributed by atoms with Crippen molar-refractivity contribution in [2.75, 3.05) is 25.7 Å². The number of methoxy groups -OCH3 is 2. The van der Waals surface area contributed by atoms with E-state index in [1.54, 1.807) is 55.5 Å². The third-order valence-electron chi connectivity index (χ3n) is 5.68. The highest BCUT2D eigenvalue weighted by atomic mass is 32.1. The third-order valence-corrected chi connectivity index (χ3v) is 6.81. The van der Waals surface area contributed by atoms with Crippen LogP contribution in [0.3, 0.4) is 0 Å². The summed E-state index contributed by atoms with van der Waals surface area (Å²) in [6.45, 7) is 3.95. The summed E-state index contributed by atoms with van der Waals surface area (Å²) in [6, 6.07) is 12.4. The summed E-state index contributed by atoms with van der Waals surface area (Å²) in [6.07, 6.45) is 0. The van der Waals surface area contributed by atoms with Crippen molar-refractivity contribution in [3.63, 3.8) is 0 Å². The Hall–Kier alpha value is -4.18. The predicted octanol–water partition coefficient (Wildman–Crippen LogP) is 4.27. The van der Waals surface area contributed by atoms with Crippen LogP contribution in [0, 0.1) is 6.92 Å². The molecule has 9 nitrogen and oxygen atoms in total. The first-order valence-electron chi connectivity index (χ1n) is 11.0. The molecule has 10 heteroatoms. The molecule has 1 aromatic heterocycles. The van der Waals surface area contributed by atoms with Crippen LogP contribution in [-0.2, 0) is 14.3 Å². The van der Waals surface area contributed by atoms with Crippen molar-refractivity contribution in [1.82, 2.24) is 4.98 Å². The fourth-order valence-corrected chi connectivity index (χ4v) is 4.94. The molecule has 186 valence electrons. The fraction of sp³-hybridized carbons (Fsp3) is 0.231. The van der Waals surface area contributed by atoms with Gasteiger partial charge >= 0.3 is 11.9 Å². The maximum Gasteiger partial charge on any atom is 0.350 e. The molecular weight excluding hydrogens is 484 g/mol. The van der Waals surface area contributed by atoms with E-state index in [1.807, 2.05) is 6.92 Å². The van der Waals surface area contributed by atoms with Crippen molar-refractivity contribution in [3.05, 3.63) is 75.8 Å². The van der Waals surface area contributed by atoms with Gasteiger partial charge in [0.2, 0.25) is 0 Å². The summed E-state index contributed by atoms with van der Waals surface area (Å²) >= 11 is 0.940. The molecule has 0 saturated carbocycles. The number of ketones is 1. The normalized spacial score (nSPS) is 16.8. The minimum Gasteiger partial charge on any atom is -0.507 e. The highest BCUT2D eigenvalue weighted by Crippen LogP contribution is 2.44. The van der Waals surface area contributed by atoms with Crippen LogP contribution in [0.15, 0.2) is 54.1 Å². The number of esters is 1. The average molecular weight is 509 g/mol. The summed E-state index contributed by atoms with van der Waals surface area (Å²) in [5, 5.41) is 11.4. The Balaban J connectivity index is 1.88. The van der Waals surface area contributed by atoms with E-state index >= 15 is 0 Å². The number of aliphatic hydroxyl groups is 1. The van der Waals surface area contributed by atoms with Gasteiger partial charge in [-0.2, -0.15) is 0 Å². The Bertz CT molecular complexity index is 1340. The number of rotatable bonds is 7. The van der Waals surface area contributed by atoms with Crippen molar-refractivity contribution in [2.45, 2.75) is 19.9 Å². The molecule has 4 rings (SSSR count). The second-order valence-corrected chi connectivity index (χ2v) is 8.78. The molecule has 0 bridgehead atoms. The topological polar surface area (TPSA) is 115 Å². The number of aromatic nitrogens is 1. The molecule has 1 aliphatic rings. The number of hydrogen-bond acceptors (Lipinski definition) is 9. The smallest absolute Gasteiger partial charge is 0.350 e. The molecule has 1 fully saturated rings. The molecule has 1 amide bonds. The summed E-state index contributed by atoms with van der Waals surface area (Å²) in [5.41, 5.74) is 1.17. The van der Waals surface area contributed by atoms with Crippen molar-refractivity contribution in [3.8, 4) is 11.5 Å². The summed E-state index contributed by atoms with van der Waals surface area (Å²) in [4.78, 5) is 44.5. The number of Topliss-reactive ketones (excluding diaryl/α,β-unsaturated/α-hetero) is 1. The number of carbonyl (C=O) groups excluding carboxylic acids is 3. The number of thiazole rings is 1. The SMILES string of the molecule is CCOc1ccc(/C(O)=C2\C(=O)C(=O)N(c3nc(C)c(C(=O)OC)s3)C2c2ccc(OC)cc2)cc1. The van der Waals surface area contributed by atoms with Gasteiger partial charge in [-0.15, -0.1) is 0 Å². The van der Waals surface area contributed by atoms with Gasteiger partial charge in [0.05, 0.1) is 38.1 Å². The summed E-state index contributed by atoms with van der Waals surface area (Å²) in [7, 11) is 2.78. The molecule has 1 aliphatic heterocycles. The first-order valence-corrected chi connectivity index (χ1v) is 11.9. The fourth-order valence-electron chi connectivity index (χ4n) is 3.93. The number of ether oxygens (including phenoxy) is 3. The van der Waals surface area contributed by atoms with E-state index in [0.717, 1.165) is 11.3 Å². The molecule has 0 spiro atoms. The van der Waals surface area contributed by atoms with Crippen molar-refractivity contribution in [1.29, 1.82) is 0 Å². The first kappa shape index (κ1) is 24.9. The van der Waals surface area contributed by atoms with E-state index in [9.17, 15) is 19.5 Å². The minimum atomic E-state index is -0.987. The molecule has 0 radical (unpaired) electrons. The van der Waals surface area contributed by atoms with Crippen LogP contribution in [-0.4, -0.2) is 48.6 Å². The molecule has 1 atom stereocenters. The van der Waals surface area contributed by atoms with Crippen LogP contribution in [0.2, 0.25) is 0 Å². The molecule has 0 aliphatic carbocycles. The van der Waals surface area contributed by atoms with E-state index in [4.69, 9.17) is 14.2 Å². The highest BCUT2D eigenvalue weighted by molar-refractivity contribution is 7.17. The molecule has 3 aromatic rings. The van der Waals surface area contributed by atoms with E-state index in [1.165, 1.54) is 19.1 Å². The van der Waals surface area contributed by atoms with Crippen molar-refractivity contribution >= 4 is 39.9 Å². The highest BCUT2D eigenvalue weighted by Gasteiger charge is 2.48. The number of hydrogen-bond donors (Lipinski definition) is 1. The Labute approximate surface area is 211 Å². The van der Waals surface area contributed by atoms with Gasteiger partial charge in [-0.25, -0.2) is 9.78 Å². The Morgan fingerprint density at radius 1 is 1.06 bits per heavy atom. The number of aryl methyl sites for hydroxylation is 1. The van der Waals surface area contributed by atoms with Gasteiger partial charge in [0.25, 0.3) is 5.78 Å². The zero-order valence-electron chi connectivity index (χ0n) is 20.1. The van der Waals surface area contributed by atoms with E-state index in [-0.39, 0.29) is 21.3 Å². The number of carbonyl (C=O) groups is 3. The number of nitrogens with zero attached hydrogens (tertiary/aromatic N) is 2. The second-order valence-electron chi connectivity index (χ2n) is 7.80. The van der Waals surface area contributed by atoms with Gasteiger partial charge in [-0.1, -0.05) is 23.5 Å². The second kappa shape index (κ2) is 10.2. The van der Waals surface area contributed by atoms with Crippen LogP contribution < -0.4 is 14.4 Å². The molecule has 1 N–H and O–H groups in total. The largest absolute Gasteiger partial charge is 0.507 e. The Morgan fingerprint density at radius 2 is 1.69 bits per heavy atom. The lowest BCUT2D eigenvalue weighted by Gasteiger charge is -2.23. The van der Waals surface area contributed by atoms with E-state index in [0.29, 0.717) is 34.9 Å². The first-order chi connectivity index (χ1) is 17.3. The quantitative estimate of drug-likeness (QED) is 0.218. The van der Waals surface area contributed by atoms with Crippen LogP contribution in [0.1, 0.15) is 39.5 Å². The zero-order valence-corrected chi connectivity index (χ0v) is 20.9. The van der Waals surface area contributed by atoms with Gasteiger partial charge in [0.15, 0.2) is 5.13 Å². The predicted molar refractivity (Wildman–Crippen MR) is 134 cm³/mol. The summed E-state index contributed by atoms with van der Waals surface area (Å²) < 4.78 is 15.5. The van der Waals surface area contributed by atoms with Gasteiger partial charge in [-0.3, -0.25) is 14.5 Å². The maximum absolute atomic E-state index is 13.3. The van der Waals surface area contributed by atoms with Gasteiger partial charge in [-0.05, 0) is 55.8 Å². The molecule has 36 heavy (non-hydrogen) atoms. The van der Waals surface area contributed by atoms with Gasteiger partial charge < -0.3 is 19.3 Å². The molecule has 2 aromatic carbocycles. The molecular formula is C26H24N2O7S. The van der Waals surface area contributed by atoms with Crippen LogP contribution in [0.5, 0.6) is 11.5 Å². The monoisotopic (exact) mass is 508 g/mol. The van der Waals surface area contributed by atoms with Crippen LogP contribution in [0.4, 0.5) is 5.13 Å². The minimum absolute atomic E-state index is 0.0956. The molecule has 1 unspecified atom stereocenters. The lowest BCUT2D eigenvalue weighted by molar-refractivity contribution is -0.132. The lowest BCUT2D eigenvalue weighted by Crippen LogP contribution is -2.29. The number of aliphatic hydroxyl groups excluding tert-OH is 1. The molecule has 2 heterocycles. The lowest BCUT2D eigenvalue weighted by atomic mass is 9.95. The zero-order chi connectivity index (χ0) is 26.0. The standard InChI is InChI=1S/C26H24N2O7S/c1-5-35-18-12-8-16(9-13-18)21(29)19-20(15-6-10-17(33-3)11-7-15)28(24(31)22(19)30)26-27-14(2)23(36-26)25(32)34-4/h6-13,20,29H,5H2,1-4H3/b21-19+. The van der Waals surface area contributed by atoms with E-state index < -0.39 is 23.7 Å². The van der Waals surface area contributed by atoms with Gasteiger partial charge in [0, 0.05) is 5.56 Å².